The fourth-order valence-corrected chi connectivity index (χ4v) is 8.31. The predicted octanol–water partition coefficient (Wildman–Crippen LogP) is 8.94. The van der Waals surface area contributed by atoms with Crippen LogP contribution in [0.4, 0.5) is 0 Å². The first-order valence-corrected chi connectivity index (χ1v) is 14.9. The largest absolute Gasteiger partial charge is 0.495 e. The number of benzene rings is 3. The summed E-state index contributed by atoms with van der Waals surface area (Å²) in [6.07, 6.45) is 9.88. The molecule has 0 aromatic heterocycles. The van der Waals surface area contributed by atoms with Crippen LogP contribution in [-0.4, -0.2) is 18.2 Å². The van der Waals surface area contributed by atoms with Crippen LogP contribution in [0.5, 0.6) is 11.5 Å². The number of hydrogen-bond acceptors (Lipinski definition) is 3. The van der Waals surface area contributed by atoms with Crippen molar-refractivity contribution in [3.63, 3.8) is 0 Å². The lowest BCUT2D eigenvalue weighted by molar-refractivity contribution is -0.132. The molecule has 0 aliphatic heterocycles. The quantitative estimate of drug-likeness (QED) is 0.267. The van der Waals surface area contributed by atoms with E-state index in [2.05, 4.69) is 30.3 Å². The van der Waals surface area contributed by atoms with Crippen LogP contribution in [0.15, 0.2) is 66.2 Å². The van der Waals surface area contributed by atoms with Crippen LogP contribution >= 0.6 is 11.6 Å². The molecule has 4 saturated carbocycles. The van der Waals surface area contributed by atoms with Gasteiger partial charge in [-0.2, -0.15) is 0 Å². The average Bonchev–Trinajstić information content (AvgIpc) is 2.94. The number of carbonyl (C=O) groups is 1. The SMILES string of the molecule is CCC(=Cc1cc(Cl)cc(-c2ccc(OCc3ccccc3)c(C34CC5CC(CC(C5)C3)C4)c2)c1OC)C(=O)O. The molecule has 3 aromatic carbocycles. The molecule has 40 heavy (non-hydrogen) atoms. The second-order valence-electron chi connectivity index (χ2n) is 12.1. The second-order valence-corrected chi connectivity index (χ2v) is 12.5. The molecule has 1 N–H and O–H groups in total. The first kappa shape index (κ1) is 27.0. The van der Waals surface area contributed by atoms with E-state index in [0.717, 1.165) is 40.2 Å². The van der Waals surface area contributed by atoms with Crippen molar-refractivity contribution in [2.24, 2.45) is 17.8 Å². The van der Waals surface area contributed by atoms with Gasteiger partial charge in [0.25, 0.3) is 0 Å². The molecular weight excluding hydrogens is 520 g/mol. The van der Waals surface area contributed by atoms with Gasteiger partial charge in [0.1, 0.15) is 18.1 Å². The minimum Gasteiger partial charge on any atom is -0.495 e. The van der Waals surface area contributed by atoms with Gasteiger partial charge in [0.15, 0.2) is 0 Å². The van der Waals surface area contributed by atoms with Crippen molar-refractivity contribution >= 4 is 23.6 Å². The maximum Gasteiger partial charge on any atom is 0.331 e. The highest BCUT2D eigenvalue weighted by molar-refractivity contribution is 6.31. The van der Waals surface area contributed by atoms with Crippen molar-refractivity contribution in [3.05, 3.63) is 87.9 Å². The minimum atomic E-state index is -0.935. The molecular formula is C35H37ClO4. The fourth-order valence-electron chi connectivity index (χ4n) is 8.08. The van der Waals surface area contributed by atoms with Crippen LogP contribution in [0, 0.1) is 17.8 Å². The summed E-state index contributed by atoms with van der Waals surface area (Å²) in [7, 11) is 1.63. The average molecular weight is 557 g/mol. The van der Waals surface area contributed by atoms with E-state index in [1.54, 1.807) is 19.3 Å². The van der Waals surface area contributed by atoms with Crippen molar-refractivity contribution in [1.82, 2.24) is 0 Å². The van der Waals surface area contributed by atoms with Crippen LogP contribution in [0.25, 0.3) is 17.2 Å². The van der Waals surface area contributed by atoms with Crippen molar-refractivity contribution < 1.29 is 19.4 Å². The second kappa shape index (κ2) is 11.0. The zero-order valence-electron chi connectivity index (χ0n) is 23.3. The Morgan fingerprint density at radius 2 is 1.68 bits per heavy atom. The molecule has 7 rings (SSSR count). The maximum atomic E-state index is 11.8. The van der Waals surface area contributed by atoms with Crippen LogP contribution in [0.3, 0.4) is 0 Å². The third kappa shape index (κ3) is 5.14. The summed E-state index contributed by atoms with van der Waals surface area (Å²) < 4.78 is 12.5. The number of methoxy groups -OCH3 is 1. The molecule has 0 spiro atoms. The lowest BCUT2D eigenvalue weighted by atomic mass is 9.48. The third-order valence-electron chi connectivity index (χ3n) is 9.41. The molecule has 4 aliphatic rings. The molecule has 0 amide bonds. The molecule has 208 valence electrons. The van der Waals surface area contributed by atoms with E-state index in [4.69, 9.17) is 21.1 Å². The van der Waals surface area contributed by atoms with Gasteiger partial charge in [0.05, 0.1) is 7.11 Å². The molecule has 4 aliphatic carbocycles. The number of hydrogen-bond donors (Lipinski definition) is 1. The summed E-state index contributed by atoms with van der Waals surface area (Å²) in [5.41, 5.74) is 5.45. The smallest absolute Gasteiger partial charge is 0.331 e. The minimum absolute atomic E-state index is 0.129. The molecule has 5 heteroatoms. The maximum absolute atomic E-state index is 11.8. The van der Waals surface area contributed by atoms with Crippen molar-refractivity contribution in [1.29, 1.82) is 0 Å². The van der Waals surface area contributed by atoms with Gasteiger partial charge in [-0.15, -0.1) is 0 Å². The summed E-state index contributed by atoms with van der Waals surface area (Å²) in [4.78, 5) is 11.8. The van der Waals surface area contributed by atoms with Crippen LogP contribution in [0.2, 0.25) is 5.02 Å². The molecule has 4 nitrogen and oxygen atoms in total. The highest BCUT2D eigenvalue weighted by atomic mass is 35.5. The molecule has 0 saturated heterocycles. The first-order chi connectivity index (χ1) is 19.4. The Kier molecular flexibility index (Phi) is 7.39. The van der Waals surface area contributed by atoms with Crippen molar-refractivity contribution in [2.45, 2.75) is 63.9 Å². The monoisotopic (exact) mass is 556 g/mol. The Morgan fingerprint density at radius 1 is 1.00 bits per heavy atom. The molecule has 0 radical (unpaired) electrons. The van der Waals surface area contributed by atoms with E-state index in [9.17, 15) is 9.90 Å². The lowest BCUT2D eigenvalue weighted by Gasteiger charge is -2.57. The molecule has 0 heterocycles. The van der Waals surface area contributed by atoms with E-state index >= 15 is 0 Å². The van der Waals surface area contributed by atoms with E-state index in [-0.39, 0.29) is 5.41 Å². The van der Waals surface area contributed by atoms with Gasteiger partial charge < -0.3 is 14.6 Å². The summed E-state index contributed by atoms with van der Waals surface area (Å²) in [5.74, 6) is 3.07. The molecule has 4 fully saturated rings. The van der Waals surface area contributed by atoms with Gasteiger partial charge in [-0.3, -0.25) is 0 Å². The summed E-state index contributed by atoms with van der Waals surface area (Å²) >= 11 is 6.62. The Bertz CT molecular complexity index is 1410. The van der Waals surface area contributed by atoms with Crippen molar-refractivity contribution in [3.8, 4) is 22.6 Å². The van der Waals surface area contributed by atoms with E-state index in [1.165, 1.54) is 44.1 Å². The lowest BCUT2D eigenvalue weighted by Crippen LogP contribution is -2.48. The highest BCUT2D eigenvalue weighted by Crippen LogP contribution is 2.62. The highest BCUT2D eigenvalue weighted by Gasteiger charge is 2.52. The summed E-state index contributed by atoms with van der Waals surface area (Å²) in [6, 6.07) is 20.6. The van der Waals surface area contributed by atoms with Gasteiger partial charge in [-0.05, 0) is 110 Å². The Morgan fingerprint density at radius 3 is 2.27 bits per heavy atom. The van der Waals surface area contributed by atoms with E-state index in [0.29, 0.717) is 34.9 Å². The van der Waals surface area contributed by atoms with E-state index in [1.807, 2.05) is 31.2 Å². The number of halogens is 1. The Hall–Kier alpha value is -3.24. The van der Waals surface area contributed by atoms with E-state index < -0.39 is 5.97 Å². The van der Waals surface area contributed by atoms with Crippen molar-refractivity contribution in [2.75, 3.05) is 7.11 Å². The fraction of sp³-hybridized carbons (Fsp3) is 0.400. The van der Waals surface area contributed by atoms with Gasteiger partial charge in [0, 0.05) is 27.3 Å². The number of ether oxygens (including phenoxy) is 2. The van der Waals surface area contributed by atoms with Crippen LogP contribution in [-0.2, 0) is 16.8 Å². The number of carboxylic acids is 1. The standard InChI is InChI=1S/C35H37ClO4/c1-3-26(34(37)38)14-28-15-29(36)17-30(33(28)39-2)27-9-10-32(40-21-22-7-5-4-6-8-22)31(16-27)35-18-23-11-24(19-35)13-25(12-23)20-35/h4-10,14-17,23-25H,3,11-13,18-21H2,1-2H3,(H,37,38). The Balaban J connectivity index is 1.46. The molecule has 4 bridgehead atoms. The summed E-state index contributed by atoms with van der Waals surface area (Å²) in [5, 5.41) is 10.2. The van der Waals surface area contributed by atoms with Gasteiger partial charge in [0.2, 0.25) is 0 Å². The van der Waals surface area contributed by atoms with Gasteiger partial charge in [-0.25, -0.2) is 4.79 Å². The summed E-state index contributed by atoms with van der Waals surface area (Å²) in [6.45, 7) is 2.37. The number of rotatable bonds is 9. The topological polar surface area (TPSA) is 55.8 Å². The first-order valence-electron chi connectivity index (χ1n) is 14.5. The predicted molar refractivity (Wildman–Crippen MR) is 160 cm³/mol. The van der Waals surface area contributed by atoms with Gasteiger partial charge >= 0.3 is 5.97 Å². The van der Waals surface area contributed by atoms with Crippen LogP contribution in [0.1, 0.15) is 68.6 Å². The zero-order chi connectivity index (χ0) is 27.9. The molecule has 0 unspecified atom stereocenters. The number of aliphatic carboxylic acids is 1. The third-order valence-corrected chi connectivity index (χ3v) is 9.63. The van der Waals surface area contributed by atoms with Gasteiger partial charge in [-0.1, -0.05) is 54.9 Å². The Labute approximate surface area is 242 Å². The normalized spacial score (nSPS) is 25.2. The molecule has 3 aromatic rings. The molecule has 0 atom stereocenters. The zero-order valence-corrected chi connectivity index (χ0v) is 24.0. The van der Waals surface area contributed by atoms with Crippen LogP contribution < -0.4 is 9.47 Å². The number of carboxylic acid groups (broad SMARTS) is 1.